The molecule has 1 saturated heterocycles. The highest BCUT2D eigenvalue weighted by atomic mass is 35.5. The lowest BCUT2D eigenvalue weighted by molar-refractivity contribution is -0.117. The average molecular weight is 415 g/mol. The molecule has 28 heavy (non-hydrogen) atoms. The zero-order valence-corrected chi connectivity index (χ0v) is 17.5. The molecule has 1 aromatic heterocycles. The van der Waals surface area contributed by atoms with Gasteiger partial charge in [-0.05, 0) is 43.2 Å². The lowest BCUT2D eigenvalue weighted by Gasteiger charge is -2.15. The Bertz CT molecular complexity index is 987. The summed E-state index contributed by atoms with van der Waals surface area (Å²) in [6.07, 6.45) is 6.87. The van der Waals surface area contributed by atoms with Crippen molar-refractivity contribution in [2.75, 3.05) is 13.1 Å². The molecule has 1 aromatic carbocycles. The van der Waals surface area contributed by atoms with Crippen molar-refractivity contribution in [3.05, 3.63) is 47.0 Å². The van der Waals surface area contributed by atoms with E-state index in [1.807, 2.05) is 30.4 Å². The van der Waals surface area contributed by atoms with E-state index < -0.39 is 0 Å². The van der Waals surface area contributed by atoms with Crippen LogP contribution in [-0.2, 0) is 4.79 Å². The van der Waals surface area contributed by atoms with E-state index in [1.165, 1.54) is 11.3 Å². The molecule has 1 aliphatic heterocycles. The van der Waals surface area contributed by atoms with Crippen LogP contribution in [0.25, 0.3) is 10.2 Å². The number of nitrogens with one attached hydrogen (secondary N) is 2. The van der Waals surface area contributed by atoms with Crippen molar-refractivity contribution < 1.29 is 4.79 Å². The van der Waals surface area contributed by atoms with Crippen LogP contribution in [0.1, 0.15) is 20.3 Å². The highest BCUT2D eigenvalue weighted by Gasteiger charge is 2.23. The Morgan fingerprint density at radius 3 is 3.04 bits per heavy atom. The molecule has 5 nitrogen and oxygen atoms in total. The molecule has 3 atom stereocenters. The molecular weight excluding hydrogens is 392 g/mol. The summed E-state index contributed by atoms with van der Waals surface area (Å²) in [6.45, 7) is 6.05. The van der Waals surface area contributed by atoms with Gasteiger partial charge in [0.1, 0.15) is 0 Å². The predicted molar refractivity (Wildman–Crippen MR) is 117 cm³/mol. The summed E-state index contributed by atoms with van der Waals surface area (Å²) < 4.78 is 1.01. The number of nitrogens with zero attached hydrogens (tertiary/aromatic N) is 2. The van der Waals surface area contributed by atoms with Gasteiger partial charge in [-0.3, -0.25) is 4.79 Å². The first kappa shape index (κ1) is 19.3. The third-order valence-electron chi connectivity index (χ3n) is 5.36. The number of aromatic nitrogens is 1. The Labute approximate surface area is 173 Å². The molecule has 2 aliphatic rings. The van der Waals surface area contributed by atoms with Crippen LogP contribution in [0.2, 0.25) is 5.02 Å². The van der Waals surface area contributed by atoms with Gasteiger partial charge in [-0.1, -0.05) is 48.9 Å². The summed E-state index contributed by atoms with van der Waals surface area (Å²) in [4.78, 5) is 22.2. The number of fused-ring (bicyclic) bond motifs is 1. The molecule has 0 spiro atoms. The van der Waals surface area contributed by atoms with E-state index in [1.54, 1.807) is 0 Å². The number of aliphatic imine (C=N–C) groups is 1. The number of hydrogen-bond donors (Lipinski definition) is 2. The number of hydrogen-bond acceptors (Lipinski definition) is 5. The van der Waals surface area contributed by atoms with E-state index in [-0.39, 0.29) is 23.8 Å². The number of rotatable bonds is 3. The SMILES string of the molecule is CC1C=CC(C(=O)NC2CCNC2)=CC(=Nc2nc3ccc(Cl)cc3s2)C1C. The second kappa shape index (κ2) is 8.15. The van der Waals surface area contributed by atoms with Gasteiger partial charge in [0, 0.05) is 34.8 Å². The molecule has 4 rings (SSSR count). The van der Waals surface area contributed by atoms with E-state index in [4.69, 9.17) is 16.6 Å². The minimum absolute atomic E-state index is 0.0463. The van der Waals surface area contributed by atoms with Crippen LogP contribution in [0, 0.1) is 11.8 Å². The van der Waals surface area contributed by atoms with Crippen molar-refractivity contribution in [1.82, 2.24) is 15.6 Å². The van der Waals surface area contributed by atoms with Crippen molar-refractivity contribution in [2.45, 2.75) is 26.3 Å². The van der Waals surface area contributed by atoms with E-state index in [2.05, 4.69) is 35.5 Å². The molecule has 2 N–H and O–H groups in total. The summed E-state index contributed by atoms with van der Waals surface area (Å²) in [7, 11) is 0. The molecule has 2 heterocycles. The van der Waals surface area contributed by atoms with Gasteiger partial charge < -0.3 is 10.6 Å². The molecule has 0 saturated carbocycles. The number of halogens is 1. The first-order valence-electron chi connectivity index (χ1n) is 9.56. The summed E-state index contributed by atoms with van der Waals surface area (Å²) >= 11 is 7.59. The molecule has 7 heteroatoms. The smallest absolute Gasteiger partial charge is 0.251 e. The normalized spacial score (nSPS) is 26.5. The summed E-state index contributed by atoms with van der Waals surface area (Å²) in [5.41, 5.74) is 2.40. The zero-order valence-electron chi connectivity index (χ0n) is 15.9. The third kappa shape index (κ3) is 4.19. The van der Waals surface area contributed by atoms with Crippen LogP contribution < -0.4 is 10.6 Å². The van der Waals surface area contributed by atoms with Crippen LogP contribution in [0.5, 0.6) is 0 Å². The van der Waals surface area contributed by atoms with Crippen LogP contribution >= 0.6 is 22.9 Å². The number of benzene rings is 1. The summed E-state index contributed by atoms with van der Waals surface area (Å²) in [5.74, 6) is 0.414. The molecule has 3 unspecified atom stereocenters. The van der Waals surface area contributed by atoms with Gasteiger partial charge in [-0.25, -0.2) is 9.98 Å². The van der Waals surface area contributed by atoms with E-state index in [0.717, 1.165) is 35.4 Å². The number of thiazole rings is 1. The maximum Gasteiger partial charge on any atom is 0.251 e. The van der Waals surface area contributed by atoms with Crippen LogP contribution in [0.3, 0.4) is 0 Å². The van der Waals surface area contributed by atoms with Gasteiger partial charge in [0.15, 0.2) is 0 Å². The Morgan fingerprint density at radius 1 is 1.39 bits per heavy atom. The topological polar surface area (TPSA) is 66.4 Å². The number of allylic oxidation sites excluding steroid dienone is 2. The highest BCUT2D eigenvalue weighted by molar-refractivity contribution is 7.22. The third-order valence-corrected chi connectivity index (χ3v) is 6.51. The first-order valence-corrected chi connectivity index (χ1v) is 10.7. The molecule has 146 valence electrons. The molecule has 0 bridgehead atoms. The molecular formula is C21H23ClN4OS. The molecule has 1 aliphatic carbocycles. The Balaban J connectivity index is 1.65. The second-order valence-electron chi connectivity index (χ2n) is 7.41. The molecule has 0 radical (unpaired) electrons. The Kier molecular flexibility index (Phi) is 5.62. The maximum absolute atomic E-state index is 12.8. The second-order valence-corrected chi connectivity index (χ2v) is 8.86. The van der Waals surface area contributed by atoms with E-state index >= 15 is 0 Å². The van der Waals surface area contributed by atoms with Crippen LogP contribution in [-0.4, -0.2) is 35.7 Å². The quantitative estimate of drug-likeness (QED) is 0.788. The standard InChI is InChI=1S/C21H23ClN4OS/c1-12-3-4-14(20(27)24-16-7-8-23-11-16)9-18(13(12)2)26-21-25-17-6-5-15(22)10-19(17)28-21/h3-6,9-10,12-13,16,23H,7-8,11H2,1-2H3,(H,24,27). The Morgan fingerprint density at radius 2 is 2.25 bits per heavy atom. The van der Waals surface area contributed by atoms with Crippen molar-refractivity contribution in [2.24, 2.45) is 16.8 Å². The molecule has 2 aromatic rings. The van der Waals surface area contributed by atoms with Gasteiger partial charge in [0.25, 0.3) is 5.91 Å². The summed E-state index contributed by atoms with van der Waals surface area (Å²) in [5, 5.41) is 7.76. The van der Waals surface area contributed by atoms with Gasteiger partial charge in [0.2, 0.25) is 5.13 Å². The average Bonchev–Trinajstić information content (AvgIpc) is 3.28. The Hall–Kier alpha value is -2.02. The lowest BCUT2D eigenvalue weighted by Crippen LogP contribution is -2.36. The van der Waals surface area contributed by atoms with Crippen molar-refractivity contribution in [1.29, 1.82) is 0 Å². The predicted octanol–water partition coefficient (Wildman–Crippen LogP) is 4.27. The van der Waals surface area contributed by atoms with Gasteiger partial charge in [0.05, 0.1) is 10.2 Å². The van der Waals surface area contributed by atoms with Crippen LogP contribution in [0.4, 0.5) is 5.13 Å². The van der Waals surface area contributed by atoms with E-state index in [9.17, 15) is 4.79 Å². The number of carbonyl (C=O) groups is 1. The fraction of sp³-hybridized carbons (Fsp3) is 0.381. The van der Waals surface area contributed by atoms with Crippen molar-refractivity contribution in [3.8, 4) is 0 Å². The maximum atomic E-state index is 12.8. The molecule has 1 fully saturated rings. The zero-order chi connectivity index (χ0) is 19.7. The number of carbonyl (C=O) groups excluding carboxylic acids is 1. The molecule has 1 amide bonds. The van der Waals surface area contributed by atoms with Gasteiger partial charge in [-0.2, -0.15) is 0 Å². The lowest BCUT2D eigenvalue weighted by atomic mass is 9.92. The fourth-order valence-electron chi connectivity index (χ4n) is 3.40. The minimum atomic E-state index is -0.0463. The largest absolute Gasteiger partial charge is 0.348 e. The first-order chi connectivity index (χ1) is 13.5. The minimum Gasteiger partial charge on any atom is -0.348 e. The van der Waals surface area contributed by atoms with Crippen molar-refractivity contribution in [3.63, 3.8) is 0 Å². The summed E-state index contributed by atoms with van der Waals surface area (Å²) in [6, 6.07) is 5.84. The monoisotopic (exact) mass is 414 g/mol. The van der Waals surface area contributed by atoms with Crippen molar-refractivity contribution >= 4 is 49.9 Å². The number of amides is 1. The van der Waals surface area contributed by atoms with Gasteiger partial charge in [-0.15, -0.1) is 0 Å². The van der Waals surface area contributed by atoms with Gasteiger partial charge >= 0.3 is 0 Å². The highest BCUT2D eigenvalue weighted by Crippen LogP contribution is 2.32. The van der Waals surface area contributed by atoms with E-state index in [0.29, 0.717) is 15.7 Å². The van der Waals surface area contributed by atoms with Crippen LogP contribution in [0.15, 0.2) is 47.0 Å². The fourth-order valence-corrected chi connectivity index (χ4v) is 4.53.